The Morgan fingerprint density at radius 2 is 2.33 bits per heavy atom. The zero-order valence-electron chi connectivity index (χ0n) is 10.6. The van der Waals surface area contributed by atoms with Crippen molar-refractivity contribution < 1.29 is 13.9 Å². The Balaban J connectivity index is 2.12. The Kier molecular flexibility index (Phi) is 3.81. The average Bonchev–Trinajstić information content (AvgIpc) is 2.76. The van der Waals surface area contributed by atoms with E-state index in [0.717, 1.165) is 25.2 Å². The summed E-state index contributed by atoms with van der Waals surface area (Å²) in [6, 6.07) is 4.76. The van der Waals surface area contributed by atoms with Gasteiger partial charge in [-0.05, 0) is 38.2 Å². The number of hydrogen-bond acceptors (Lipinski definition) is 4. The second-order valence-corrected chi connectivity index (χ2v) is 4.58. The fourth-order valence-electron chi connectivity index (χ4n) is 2.17. The molecule has 0 aromatic heterocycles. The lowest BCUT2D eigenvalue weighted by Crippen LogP contribution is -2.23. The van der Waals surface area contributed by atoms with Gasteiger partial charge in [-0.2, -0.15) is 0 Å². The molecular formula is C13H17FN2O2. The number of nitrogens with zero attached hydrogens (tertiary/aromatic N) is 1. The van der Waals surface area contributed by atoms with E-state index in [1.54, 1.807) is 6.07 Å². The maximum absolute atomic E-state index is 13.4. The van der Waals surface area contributed by atoms with Crippen molar-refractivity contribution in [1.29, 1.82) is 0 Å². The van der Waals surface area contributed by atoms with Gasteiger partial charge >= 0.3 is 5.97 Å². The summed E-state index contributed by atoms with van der Waals surface area (Å²) in [7, 11) is 3.31. The number of likely N-dealkylation sites (tertiary alicyclic amines) is 1. The van der Waals surface area contributed by atoms with Gasteiger partial charge in [-0.1, -0.05) is 0 Å². The molecule has 1 saturated heterocycles. The molecular weight excluding hydrogens is 235 g/mol. The summed E-state index contributed by atoms with van der Waals surface area (Å²) in [5.41, 5.74) is 0.714. The van der Waals surface area contributed by atoms with Gasteiger partial charge in [0.05, 0.1) is 12.7 Å². The summed E-state index contributed by atoms with van der Waals surface area (Å²) in [6.45, 7) is 1.99. The van der Waals surface area contributed by atoms with E-state index in [1.807, 2.05) is 0 Å². The third-order valence-corrected chi connectivity index (χ3v) is 3.13. The Bertz CT molecular complexity index is 451. The first-order valence-electron chi connectivity index (χ1n) is 5.93. The van der Waals surface area contributed by atoms with Crippen LogP contribution in [0.1, 0.15) is 16.8 Å². The largest absolute Gasteiger partial charge is 0.465 e. The van der Waals surface area contributed by atoms with Gasteiger partial charge in [-0.3, -0.25) is 0 Å². The van der Waals surface area contributed by atoms with E-state index >= 15 is 0 Å². The number of nitrogens with one attached hydrogen (secondary N) is 1. The van der Waals surface area contributed by atoms with Crippen LogP contribution in [0, 0.1) is 5.82 Å². The van der Waals surface area contributed by atoms with Gasteiger partial charge in [-0.25, -0.2) is 9.18 Å². The summed E-state index contributed by atoms with van der Waals surface area (Å²) in [5, 5.41) is 3.30. The van der Waals surface area contributed by atoms with Gasteiger partial charge in [-0.15, -0.1) is 0 Å². The van der Waals surface area contributed by atoms with Crippen molar-refractivity contribution in [2.45, 2.75) is 12.5 Å². The molecule has 4 nitrogen and oxygen atoms in total. The highest BCUT2D eigenvalue weighted by Crippen LogP contribution is 2.19. The maximum atomic E-state index is 13.4. The summed E-state index contributed by atoms with van der Waals surface area (Å²) in [4.78, 5) is 13.6. The topological polar surface area (TPSA) is 41.6 Å². The number of esters is 1. The van der Waals surface area contributed by atoms with E-state index in [-0.39, 0.29) is 5.56 Å². The maximum Gasteiger partial charge on any atom is 0.340 e. The summed E-state index contributed by atoms with van der Waals surface area (Å²) < 4.78 is 18.0. The van der Waals surface area contributed by atoms with Crippen molar-refractivity contribution in [2.75, 3.05) is 32.6 Å². The number of methoxy groups -OCH3 is 1. The van der Waals surface area contributed by atoms with Crippen LogP contribution in [0.15, 0.2) is 18.2 Å². The molecule has 1 N–H and O–H groups in total. The summed E-state index contributed by atoms with van der Waals surface area (Å²) in [5.74, 6) is -1.21. The molecule has 1 unspecified atom stereocenters. The van der Waals surface area contributed by atoms with E-state index < -0.39 is 11.8 Å². The lowest BCUT2D eigenvalue weighted by molar-refractivity contribution is 0.0595. The van der Waals surface area contributed by atoms with Crippen molar-refractivity contribution in [3.8, 4) is 0 Å². The third-order valence-electron chi connectivity index (χ3n) is 3.13. The van der Waals surface area contributed by atoms with Gasteiger partial charge in [0.1, 0.15) is 5.82 Å². The van der Waals surface area contributed by atoms with Crippen molar-refractivity contribution >= 4 is 11.7 Å². The van der Waals surface area contributed by atoms with E-state index in [0.29, 0.717) is 6.04 Å². The SMILES string of the molecule is COC(=O)c1cc(NC2CCN(C)C2)ccc1F. The Hall–Kier alpha value is -1.62. The molecule has 0 aliphatic carbocycles. The first-order valence-corrected chi connectivity index (χ1v) is 5.93. The number of ether oxygens (including phenoxy) is 1. The van der Waals surface area contributed by atoms with Crippen LogP contribution >= 0.6 is 0 Å². The monoisotopic (exact) mass is 252 g/mol. The third kappa shape index (κ3) is 2.79. The van der Waals surface area contributed by atoms with E-state index in [4.69, 9.17) is 0 Å². The minimum Gasteiger partial charge on any atom is -0.465 e. The number of carbonyl (C=O) groups is 1. The van der Waals surface area contributed by atoms with Crippen LogP contribution in [0.5, 0.6) is 0 Å². The molecule has 0 amide bonds. The van der Waals surface area contributed by atoms with E-state index in [9.17, 15) is 9.18 Å². The number of likely N-dealkylation sites (N-methyl/N-ethyl adjacent to an activating group) is 1. The number of benzene rings is 1. The zero-order valence-corrected chi connectivity index (χ0v) is 10.6. The summed E-state index contributed by atoms with van der Waals surface area (Å²) in [6.07, 6.45) is 1.04. The van der Waals surface area contributed by atoms with Gasteiger partial charge in [0, 0.05) is 18.3 Å². The van der Waals surface area contributed by atoms with Crippen LogP contribution < -0.4 is 5.32 Å². The Labute approximate surface area is 106 Å². The number of halogens is 1. The average molecular weight is 252 g/mol. The van der Waals surface area contributed by atoms with Crippen molar-refractivity contribution in [3.63, 3.8) is 0 Å². The van der Waals surface area contributed by atoms with Crippen LogP contribution in [0.3, 0.4) is 0 Å². The highest BCUT2D eigenvalue weighted by molar-refractivity contribution is 5.90. The first-order chi connectivity index (χ1) is 8.60. The molecule has 1 aromatic rings. The fourth-order valence-corrected chi connectivity index (χ4v) is 2.17. The standard InChI is InChI=1S/C13H17FN2O2/c1-16-6-5-10(8-16)15-9-3-4-12(14)11(7-9)13(17)18-2/h3-4,7,10,15H,5-6,8H2,1-2H3. The van der Waals surface area contributed by atoms with Crippen LogP contribution in [0.2, 0.25) is 0 Å². The molecule has 1 fully saturated rings. The van der Waals surface area contributed by atoms with Crippen molar-refractivity contribution in [1.82, 2.24) is 4.90 Å². The van der Waals surface area contributed by atoms with Crippen molar-refractivity contribution in [3.05, 3.63) is 29.6 Å². The van der Waals surface area contributed by atoms with Gasteiger partial charge in [0.25, 0.3) is 0 Å². The zero-order chi connectivity index (χ0) is 13.1. The van der Waals surface area contributed by atoms with Gasteiger partial charge in [0.2, 0.25) is 0 Å². The molecule has 1 aliphatic rings. The molecule has 0 radical (unpaired) electrons. The Morgan fingerprint density at radius 3 is 2.94 bits per heavy atom. The molecule has 18 heavy (non-hydrogen) atoms. The molecule has 1 atom stereocenters. The minimum absolute atomic E-state index is 0.0335. The number of anilines is 1. The second-order valence-electron chi connectivity index (χ2n) is 4.58. The van der Waals surface area contributed by atoms with Gasteiger partial charge < -0.3 is 15.0 Å². The quantitative estimate of drug-likeness (QED) is 0.832. The molecule has 0 spiro atoms. The predicted octanol–water partition coefficient (Wildman–Crippen LogP) is 1.73. The molecule has 98 valence electrons. The highest BCUT2D eigenvalue weighted by Gasteiger charge is 2.20. The van der Waals surface area contributed by atoms with Crippen molar-refractivity contribution in [2.24, 2.45) is 0 Å². The van der Waals surface area contributed by atoms with Crippen LogP contribution in [-0.2, 0) is 4.74 Å². The second kappa shape index (κ2) is 5.35. The summed E-state index contributed by atoms with van der Waals surface area (Å²) >= 11 is 0. The molecule has 0 bridgehead atoms. The molecule has 1 aliphatic heterocycles. The van der Waals surface area contributed by atoms with E-state index in [1.165, 1.54) is 19.2 Å². The number of rotatable bonds is 3. The van der Waals surface area contributed by atoms with Gasteiger partial charge in [0.15, 0.2) is 0 Å². The smallest absolute Gasteiger partial charge is 0.340 e. The first kappa shape index (κ1) is 12.8. The minimum atomic E-state index is -0.653. The normalized spacial score (nSPS) is 19.8. The molecule has 2 rings (SSSR count). The van der Waals surface area contributed by atoms with E-state index in [2.05, 4.69) is 22.0 Å². The van der Waals surface area contributed by atoms with Crippen LogP contribution in [0.25, 0.3) is 0 Å². The van der Waals surface area contributed by atoms with Crippen LogP contribution in [0.4, 0.5) is 10.1 Å². The fraction of sp³-hybridized carbons (Fsp3) is 0.462. The molecule has 5 heteroatoms. The Morgan fingerprint density at radius 1 is 1.56 bits per heavy atom. The van der Waals surface area contributed by atoms with Crippen LogP contribution in [-0.4, -0.2) is 44.2 Å². The molecule has 0 saturated carbocycles. The highest BCUT2D eigenvalue weighted by atomic mass is 19.1. The lowest BCUT2D eigenvalue weighted by Gasteiger charge is -2.15. The predicted molar refractivity (Wildman–Crippen MR) is 67.3 cm³/mol. The molecule has 1 heterocycles. The molecule has 1 aromatic carbocycles. The number of hydrogen-bond donors (Lipinski definition) is 1. The lowest BCUT2D eigenvalue weighted by atomic mass is 10.1. The number of carbonyl (C=O) groups excluding carboxylic acids is 1.